The number of nitrogens with zero attached hydrogens (tertiary/aromatic N) is 2. The van der Waals surface area contributed by atoms with Gasteiger partial charge in [-0.2, -0.15) is 0 Å². The van der Waals surface area contributed by atoms with Crippen LogP contribution >= 0.6 is 24.0 Å². The molecular formula is C20H41IN4O4S. The minimum Gasteiger partial charge on any atom is -0.444 e. The molecule has 178 valence electrons. The van der Waals surface area contributed by atoms with Crippen LogP contribution in [0.25, 0.3) is 0 Å². The number of amides is 1. The fourth-order valence-corrected chi connectivity index (χ4v) is 4.73. The van der Waals surface area contributed by atoms with Gasteiger partial charge in [0.15, 0.2) is 5.96 Å². The number of rotatable bonds is 9. The van der Waals surface area contributed by atoms with Gasteiger partial charge in [0.05, 0.1) is 5.75 Å². The summed E-state index contributed by atoms with van der Waals surface area (Å²) in [7, 11) is 0.662. The van der Waals surface area contributed by atoms with Gasteiger partial charge in [-0.05, 0) is 46.0 Å². The third-order valence-corrected chi connectivity index (χ3v) is 6.14. The van der Waals surface area contributed by atoms with Crippen molar-refractivity contribution in [1.82, 2.24) is 15.5 Å². The highest BCUT2D eigenvalue weighted by Crippen LogP contribution is 2.46. The fourth-order valence-electron chi connectivity index (χ4n) is 3.23. The van der Waals surface area contributed by atoms with E-state index in [1.54, 1.807) is 7.05 Å². The zero-order valence-corrected chi connectivity index (χ0v) is 22.9. The Bertz CT molecular complexity index is 685. The van der Waals surface area contributed by atoms with Gasteiger partial charge in [-0.1, -0.05) is 13.8 Å². The molecule has 0 aliphatic heterocycles. The molecule has 1 atom stereocenters. The number of hydrogen-bond acceptors (Lipinski definition) is 5. The van der Waals surface area contributed by atoms with Crippen molar-refractivity contribution in [2.24, 2.45) is 16.3 Å². The van der Waals surface area contributed by atoms with Gasteiger partial charge >= 0.3 is 6.09 Å². The van der Waals surface area contributed by atoms with Crippen molar-refractivity contribution < 1.29 is 17.9 Å². The van der Waals surface area contributed by atoms with Gasteiger partial charge in [-0.15, -0.1) is 24.0 Å². The van der Waals surface area contributed by atoms with E-state index in [1.807, 2.05) is 32.7 Å². The number of sulfone groups is 1. The largest absolute Gasteiger partial charge is 0.444 e. The third kappa shape index (κ3) is 11.6. The Morgan fingerprint density at radius 3 is 2.23 bits per heavy atom. The first-order valence-electron chi connectivity index (χ1n) is 10.3. The van der Waals surface area contributed by atoms with Gasteiger partial charge in [-0.3, -0.25) is 4.99 Å². The van der Waals surface area contributed by atoms with Crippen molar-refractivity contribution in [3.05, 3.63) is 0 Å². The van der Waals surface area contributed by atoms with Crippen LogP contribution in [0.1, 0.15) is 53.9 Å². The molecule has 1 fully saturated rings. The van der Waals surface area contributed by atoms with Crippen LogP contribution < -0.4 is 10.6 Å². The highest BCUT2D eigenvalue weighted by molar-refractivity contribution is 14.0. The van der Waals surface area contributed by atoms with Crippen molar-refractivity contribution in [3.8, 4) is 0 Å². The lowest BCUT2D eigenvalue weighted by molar-refractivity contribution is 0.0485. The van der Waals surface area contributed by atoms with Gasteiger partial charge < -0.3 is 20.3 Å². The molecule has 1 aliphatic rings. The Morgan fingerprint density at radius 1 is 1.27 bits per heavy atom. The number of hydrogen-bond donors (Lipinski definition) is 2. The van der Waals surface area contributed by atoms with E-state index in [2.05, 4.69) is 29.5 Å². The van der Waals surface area contributed by atoms with Crippen LogP contribution in [0.2, 0.25) is 0 Å². The number of guanidine groups is 1. The predicted octanol–water partition coefficient (Wildman–Crippen LogP) is 2.88. The summed E-state index contributed by atoms with van der Waals surface area (Å²) in [5.74, 6) is 1.20. The van der Waals surface area contributed by atoms with Crippen molar-refractivity contribution in [1.29, 1.82) is 0 Å². The van der Waals surface area contributed by atoms with Gasteiger partial charge in [-0.25, -0.2) is 13.2 Å². The van der Waals surface area contributed by atoms with Crippen LogP contribution in [0.4, 0.5) is 4.79 Å². The zero-order chi connectivity index (χ0) is 22.5. The summed E-state index contributed by atoms with van der Waals surface area (Å²) in [6.45, 7) is 11.0. The molecule has 1 amide bonds. The maximum Gasteiger partial charge on any atom is 0.407 e. The van der Waals surface area contributed by atoms with E-state index >= 15 is 0 Å². The van der Waals surface area contributed by atoms with E-state index in [0.717, 1.165) is 25.2 Å². The van der Waals surface area contributed by atoms with E-state index in [0.29, 0.717) is 13.1 Å². The van der Waals surface area contributed by atoms with E-state index in [1.165, 1.54) is 6.26 Å². The van der Waals surface area contributed by atoms with E-state index in [9.17, 15) is 13.2 Å². The number of alkyl carbamates (subject to hydrolysis) is 1. The van der Waals surface area contributed by atoms with E-state index in [4.69, 9.17) is 4.74 Å². The van der Waals surface area contributed by atoms with Crippen LogP contribution in [0, 0.1) is 11.3 Å². The minimum atomic E-state index is -3.00. The van der Waals surface area contributed by atoms with E-state index in [-0.39, 0.29) is 47.1 Å². The molecule has 0 bridgehead atoms. The molecule has 1 unspecified atom stereocenters. The molecule has 0 aromatic rings. The summed E-state index contributed by atoms with van der Waals surface area (Å²) < 4.78 is 28.6. The Hall–Kier alpha value is -0.780. The van der Waals surface area contributed by atoms with Crippen molar-refractivity contribution in [2.45, 2.75) is 65.5 Å². The second-order valence-corrected chi connectivity index (χ2v) is 11.8. The molecule has 0 spiro atoms. The second-order valence-electron chi connectivity index (χ2n) is 9.68. The number of carbonyl (C=O) groups excluding carboxylic acids is 1. The molecule has 8 nitrogen and oxygen atoms in total. The smallest absolute Gasteiger partial charge is 0.407 e. The molecule has 0 heterocycles. The molecule has 0 aromatic carbocycles. The molecule has 1 aliphatic carbocycles. The topological polar surface area (TPSA) is 100 Å². The fraction of sp³-hybridized carbons (Fsp3) is 0.900. The SMILES string of the molecule is CN=C(NCC1(CS(C)(=O)=O)CC1)N(C)CCC(NC(=O)OC(C)(C)C)C(C)C.I. The first-order chi connectivity index (χ1) is 13.2. The Kier molecular flexibility index (Phi) is 11.4. The molecule has 0 aromatic heterocycles. The lowest BCUT2D eigenvalue weighted by Crippen LogP contribution is -2.46. The standard InChI is InChI=1S/C20H40N4O4S.HI/c1-15(2)16(23-18(25)28-19(3,4)5)9-12-24(7)17(21-6)22-13-20(10-11-20)14-29(8,26)27;/h15-16H,9-14H2,1-8H3,(H,21,22)(H,23,25);1H. The van der Waals surface area contributed by atoms with Crippen LogP contribution in [0.15, 0.2) is 4.99 Å². The predicted molar refractivity (Wildman–Crippen MR) is 133 cm³/mol. The minimum absolute atomic E-state index is 0. The van der Waals surface area contributed by atoms with Crippen LogP contribution in [0.3, 0.4) is 0 Å². The zero-order valence-electron chi connectivity index (χ0n) is 19.7. The van der Waals surface area contributed by atoms with Crippen molar-refractivity contribution in [3.63, 3.8) is 0 Å². The molecule has 10 heteroatoms. The van der Waals surface area contributed by atoms with Gasteiger partial charge in [0.1, 0.15) is 15.4 Å². The second kappa shape index (κ2) is 11.7. The molecule has 1 rings (SSSR count). The first kappa shape index (κ1) is 29.2. The summed E-state index contributed by atoms with van der Waals surface area (Å²) in [5, 5.41) is 6.28. The Morgan fingerprint density at radius 2 is 1.83 bits per heavy atom. The molecule has 30 heavy (non-hydrogen) atoms. The lowest BCUT2D eigenvalue weighted by Gasteiger charge is -2.29. The average molecular weight is 561 g/mol. The molecule has 2 N–H and O–H groups in total. The van der Waals surface area contributed by atoms with Crippen LogP contribution in [-0.2, 0) is 14.6 Å². The maximum atomic E-state index is 12.1. The number of halogens is 1. The molecule has 0 radical (unpaired) electrons. The Balaban J connectivity index is 0.00000841. The summed E-state index contributed by atoms with van der Waals surface area (Å²) in [6.07, 6.45) is 3.46. The van der Waals surface area contributed by atoms with Gasteiger partial charge in [0, 0.05) is 44.9 Å². The lowest BCUT2D eigenvalue weighted by atomic mass is 10.0. The highest BCUT2D eigenvalue weighted by atomic mass is 127. The number of nitrogens with one attached hydrogen (secondary N) is 2. The molecule has 1 saturated carbocycles. The summed E-state index contributed by atoms with van der Waals surface area (Å²) in [5.41, 5.74) is -0.692. The van der Waals surface area contributed by atoms with Gasteiger partial charge in [0.25, 0.3) is 0 Å². The highest BCUT2D eigenvalue weighted by Gasteiger charge is 2.45. The third-order valence-electron chi connectivity index (χ3n) is 5.00. The first-order valence-corrected chi connectivity index (χ1v) is 12.3. The summed E-state index contributed by atoms with van der Waals surface area (Å²) in [4.78, 5) is 18.4. The summed E-state index contributed by atoms with van der Waals surface area (Å²) >= 11 is 0. The average Bonchev–Trinajstić information content (AvgIpc) is 3.27. The molecular weight excluding hydrogens is 519 g/mol. The van der Waals surface area contributed by atoms with Crippen LogP contribution in [0.5, 0.6) is 0 Å². The monoisotopic (exact) mass is 560 g/mol. The maximum absolute atomic E-state index is 12.1. The number of ether oxygens (including phenoxy) is 1. The number of aliphatic imine (C=N–C) groups is 1. The normalized spacial score (nSPS) is 17.0. The number of carbonyl (C=O) groups is 1. The van der Waals surface area contributed by atoms with Crippen LogP contribution in [-0.4, -0.2) is 76.2 Å². The van der Waals surface area contributed by atoms with E-state index < -0.39 is 21.5 Å². The van der Waals surface area contributed by atoms with Crippen molar-refractivity contribution >= 4 is 45.9 Å². The molecule has 0 saturated heterocycles. The quantitative estimate of drug-likeness (QED) is 0.256. The summed E-state index contributed by atoms with van der Waals surface area (Å²) in [6, 6.07) is -0.0228. The van der Waals surface area contributed by atoms with Crippen molar-refractivity contribution in [2.75, 3.05) is 39.2 Å². The van der Waals surface area contributed by atoms with Gasteiger partial charge in [0.2, 0.25) is 0 Å². The Labute approximate surface area is 199 Å².